The van der Waals surface area contributed by atoms with E-state index in [1.807, 2.05) is 91.9 Å². The highest BCUT2D eigenvalue weighted by Crippen LogP contribution is 2.25. The number of para-hydroxylation sites is 1. The maximum absolute atomic E-state index is 12.9. The highest BCUT2D eigenvalue weighted by molar-refractivity contribution is 6.04. The van der Waals surface area contributed by atoms with Crippen molar-refractivity contribution in [1.82, 2.24) is 4.98 Å². The molecule has 27 heavy (non-hydrogen) atoms. The van der Waals surface area contributed by atoms with Gasteiger partial charge in [-0.2, -0.15) is 0 Å². The lowest BCUT2D eigenvalue weighted by Crippen LogP contribution is -2.07. The molecule has 0 bridgehead atoms. The number of rotatable bonds is 4. The Morgan fingerprint density at radius 3 is 2.41 bits per heavy atom. The van der Waals surface area contributed by atoms with Gasteiger partial charge in [-0.25, -0.2) is 9.78 Å². The largest absolute Gasteiger partial charge is 0.457 e. The van der Waals surface area contributed by atoms with Crippen LogP contribution < -0.4 is 0 Å². The van der Waals surface area contributed by atoms with E-state index in [2.05, 4.69) is 0 Å². The van der Waals surface area contributed by atoms with Gasteiger partial charge in [0.2, 0.25) is 0 Å². The first-order valence-electron chi connectivity index (χ1n) is 8.89. The number of carbonyl (C=O) groups excluding carboxylic acids is 1. The minimum absolute atomic E-state index is 0.253. The summed E-state index contributed by atoms with van der Waals surface area (Å²) in [5.74, 6) is -0.339. The summed E-state index contributed by atoms with van der Waals surface area (Å²) in [6, 6.07) is 27.2. The van der Waals surface area contributed by atoms with Crippen molar-refractivity contribution < 1.29 is 9.53 Å². The second kappa shape index (κ2) is 7.42. The van der Waals surface area contributed by atoms with E-state index >= 15 is 0 Å². The van der Waals surface area contributed by atoms with Gasteiger partial charge in [0.15, 0.2) is 0 Å². The summed E-state index contributed by atoms with van der Waals surface area (Å²) in [5, 5.41) is 0.798. The number of benzene rings is 3. The average molecular weight is 353 g/mol. The Hall–Kier alpha value is -3.46. The van der Waals surface area contributed by atoms with Crippen molar-refractivity contribution in [2.24, 2.45) is 0 Å². The fraction of sp³-hybridized carbons (Fsp3) is 0.0833. The molecule has 4 rings (SSSR count). The lowest BCUT2D eigenvalue weighted by atomic mass is 10.0. The number of hydrogen-bond donors (Lipinski definition) is 0. The monoisotopic (exact) mass is 353 g/mol. The Morgan fingerprint density at radius 2 is 1.59 bits per heavy atom. The Balaban J connectivity index is 1.71. The normalized spacial score (nSPS) is 10.7. The molecule has 0 saturated heterocycles. The topological polar surface area (TPSA) is 39.2 Å². The number of carbonyl (C=O) groups is 1. The molecule has 3 aromatic carbocycles. The van der Waals surface area contributed by atoms with Crippen molar-refractivity contribution >= 4 is 16.9 Å². The maximum Gasteiger partial charge on any atom is 0.339 e. The summed E-state index contributed by atoms with van der Waals surface area (Å²) < 4.78 is 5.63. The first-order chi connectivity index (χ1) is 13.2. The zero-order chi connectivity index (χ0) is 18.6. The molecule has 0 saturated carbocycles. The van der Waals surface area contributed by atoms with Crippen LogP contribution in [0.15, 0.2) is 84.9 Å². The van der Waals surface area contributed by atoms with Crippen molar-refractivity contribution in [2.45, 2.75) is 13.5 Å². The molecule has 4 aromatic rings. The SMILES string of the molecule is Cc1ccccc1COC(=O)c1cc(-c2ccccc2)nc2ccccc12. The van der Waals surface area contributed by atoms with E-state index in [4.69, 9.17) is 9.72 Å². The van der Waals surface area contributed by atoms with Crippen LogP contribution >= 0.6 is 0 Å². The number of fused-ring (bicyclic) bond motifs is 1. The molecule has 1 heterocycles. The fourth-order valence-electron chi connectivity index (χ4n) is 3.09. The van der Waals surface area contributed by atoms with Gasteiger partial charge in [0.25, 0.3) is 0 Å². The molecule has 0 spiro atoms. The summed E-state index contributed by atoms with van der Waals surface area (Å²) >= 11 is 0. The van der Waals surface area contributed by atoms with E-state index in [-0.39, 0.29) is 12.6 Å². The lowest BCUT2D eigenvalue weighted by molar-refractivity contribution is 0.0474. The smallest absolute Gasteiger partial charge is 0.339 e. The minimum atomic E-state index is -0.339. The number of pyridine rings is 1. The quantitative estimate of drug-likeness (QED) is 0.450. The molecule has 3 nitrogen and oxygen atoms in total. The molecular formula is C24H19NO2. The van der Waals surface area contributed by atoms with Crippen molar-refractivity contribution in [3.05, 3.63) is 102 Å². The Labute approximate surface area is 158 Å². The number of nitrogens with zero attached hydrogens (tertiary/aromatic N) is 1. The second-order valence-electron chi connectivity index (χ2n) is 6.44. The van der Waals surface area contributed by atoms with Gasteiger partial charge in [-0.1, -0.05) is 72.8 Å². The van der Waals surface area contributed by atoms with E-state index in [0.29, 0.717) is 5.56 Å². The van der Waals surface area contributed by atoms with Crippen molar-refractivity contribution in [3.8, 4) is 11.3 Å². The summed E-state index contributed by atoms with van der Waals surface area (Å²) in [6.45, 7) is 2.27. The highest BCUT2D eigenvalue weighted by atomic mass is 16.5. The third-order valence-corrected chi connectivity index (χ3v) is 4.63. The molecule has 0 unspecified atom stereocenters. The highest BCUT2D eigenvalue weighted by Gasteiger charge is 2.15. The summed E-state index contributed by atoms with van der Waals surface area (Å²) in [5.41, 5.74) is 5.16. The number of esters is 1. The molecule has 132 valence electrons. The molecular weight excluding hydrogens is 334 g/mol. The molecule has 0 atom stereocenters. The first-order valence-corrected chi connectivity index (χ1v) is 8.89. The van der Waals surface area contributed by atoms with Crippen molar-refractivity contribution in [1.29, 1.82) is 0 Å². The van der Waals surface area contributed by atoms with E-state index in [1.165, 1.54) is 0 Å². The predicted octanol–water partition coefficient (Wildman–Crippen LogP) is 5.57. The molecule has 1 aromatic heterocycles. The molecule has 0 radical (unpaired) electrons. The van der Waals surface area contributed by atoms with E-state index in [9.17, 15) is 4.79 Å². The Bertz CT molecular complexity index is 1100. The van der Waals surface area contributed by atoms with Crippen LogP contribution in [0, 0.1) is 6.92 Å². The van der Waals surface area contributed by atoms with Crippen molar-refractivity contribution in [2.75, 3.05) is 0 Å². The van der Waals surface area contributed by atoms with Crippen LogP contribution in [0.3, 0.4) is 0 Å². The van der Waals surface area contributed by atoms with Crippen molar-refractivity contribution in [3.63, 3.8) is 0 Å². The van der Waals surface area contributed by atoms with Crippen LogP contribution in [-0.4, -0.2) is 11.0 Å². The summed E-state index contributed by atoms with van der Waals surface area (Å²) in [4.78, 5) is 17.6. The maximum atomic E-state index is 12.9. The van der Waals surface area contributed by atoms with E-state index < -0.39 is 0 Å². The minimum Gasteiger partial charge on any atom is -0.457 e. The van der Waals surface area contributed by atoms with Gasteiger partial charge in [-0.3, -0.25) is 0 Å². The molecule has 0 aliphatic carbocycles. The van der Waals surface area contributed by atoms with Crippen LogP contribution in [-0.2, 0) is 11.3 Å². The van der Waals surface area contributed by atoms with Gasteiger partial charge in [0, 0.05) is 10.9 Å². The number of hydrogen-bond acceptors (Lipinski definition) is 3. The fourth-order valence-corrected chi connectivity index (χ4v) is 3.09. The zero-order valence-corrected chi connectivity index (χ0v) is 15.1. The van der Waals surface area contributed by atoms with Gasteiger partial charge in [0.05, 0.1) is 16.8 Å². The van der Waals surface area contributed by atoms with Gasteiger partial charge in [-0.15, -0.1) is 0 Å². The number of aryl methyl sites for hydroxylation is 1. The Kier molecular flexibility index (Phi) is 4.67. The molecule has 0 N–H and O–H groups in total. The molecule has 0 aliphatic rings. The van der Waals surface area contributed by atoms with Crippen LogP contribution in [0.4, 0.5) is 0 Å². The van der Waals surface area contributed by atoms with Crippen LogP contribution in [0.2, 0.25) is 0 Å². The zero-order valence-electron chi connectivity index (χ0n) is 15.1. The summed E-state index contributed by atoms with van der Waals surface area (Å²) in [7, 11) is 0. The van der Waals surface area contributed by atoms with Crippen LogP contribution in [0.5, 0.6) is 0 Å². The van der Waals surface area contributed by atoms with Crippen LogP contribution in [0.25, 0.3) is 22.2 Å². The summed E-state index contributed by atoms with van der Waals surface area (Å²) in [6.07, 6.45) is 0. The molecule has 0 amide bonds. The average Bonchev–Trinajstić information content (AvgIpc) is 2.73. The standard InChI is InChI=1S/C24H19NO2/c1-17-9-5-6-12-19(17)16-27-24(26)21-15-23(18-10-3-2-4-11-18)25-22-14-8-7-13-20(21)22/h2-15H,16H2,1H3. The van der Waals surface area contributed by atoms with Gasteiger partial charge < -0.3 is 4.74 Å². The third-order valence-electron chi connectivity index (χ3n) is 4.63. The molecule has 3 heteroatoms. The third kappa shape index (κ3) is 3.58. The lowest BCUT2D eigenvalue weighted by Gasteiger charge is -2.11. The van der Waals surface area contributed by atoms with Gasteiger partial charge in [-0.05, 0) is 30.2 Å². The predicted molar refractivity (Wildman–Crippen MR) is 107 cm³/mol. The number of aromatic nitrogens is 1. The van der Waals surface area contributed by atoms with E-state index in [1.54, 1.807) is 0 Å². The van der Waals surface area contributed by atoms with Crippen LogP contribution in [0.1, 0.15) is 21.5 Å². The first kappa shape index (κ1) is 17.0. The molecule has 0 fully saturated rings. The van der Waals surface area contributed by atoms with Gasteiger partial charge in [0.1, 0.15) is 6.61 Å². The number of ether oxygens (including phenoxy) is 1. The Morgan fingerprint density at radius 1 is 0.889 bits per heavy atom. The van der Waals surface area contributed by atoms with E-state index in [0.717, 1.165) is 33.3 Å². The van der Waals surface area contributed by atoms with Gasteiger partial charge >= 0.3 is 5.97 Å². The molecule has 0 aliphatic heterocycles. The second-order valence-corrected chi connectivity index (χ2v) is 6.44.